The third-order valence-corrected chi connectivity index (χ3v) is 6.18. The van der Waals surface area contributed by atoms with Crippen molar-refractivity contribution in [2.45, 2.75) is 24.7 Å². The van der Waals surface area contributed by atoms with Crippen LogP contribution in [0.3, 0.4) is 0 Å². The largest absolute Gasteiger partial charge is 0.494 e. The van der Waals surface area contributed by atoms with Gasteiger partial charge in [0.1, 0.15) is 5.75 Å². The van der Waals surface area contributed by atoms with Crippen LogP contribution in [-0.2, 0) is 0 Å². The molecule has 5 heteroatoms. The lowest BCUT2D eigenvalue weighted by Crippen LogP contribution is -2.19. The van der Waals surface area contributed by atoms with Crippen molar-refractivity contribution in [3.05, 3.63) is 48.5 Å². The smallest absolute Gasteiger partial charge is 0.119 e. The van der Waals surface area contributed by atoms with Gasteiger partial charge in [0.2, 0.25) is 0 Å². The van der Waals surface area contributed by atoms with E-state index in [1.165, 1.54) is 39.3 Å². The lowest BCUT2D eigenvalue weighted by atomic mass is 10.1. The molecule has 1 aliphatic rings. The van der Waals surface area contributed by atoms with Crippen molar-refractivity contribution in [2.24, 2.45) is 4.99 Å². The maximum atomic E-state index is 5.59. The molecule has 0 atom stereocenters. The Kier molecular flexibility index (Phi) is 5.91. The van der Waals surface area contributed by atoms with Crippen LogP contribution in [0.2, 0.25) is 0 Å². The van der Waals surface area contributed by atoms with Crippen molar-refractivity contribution in [3.63, 3.8) is 0 Å². The van der Waals surface area contributed by atoms with E-state index in [0.29, 0.717) is 6.61 Å². The van der Waals surface area contributed by atoms with E-state index in [1.54, 1.807) is 0 Å². The summed E-state index contributed by atoms with van der Waals surface area (Å²) in [5.41, 5.74) is 3.54. The van der Waals surface area contributed by atoms with Crippen LogP contribution in [-0.4, -0.2) is 48.2 Å². The summed E-state index contributed by atoms with van der Waals surface area (Å²) in [4.78, 5) is 12.0. The summed E-state index contributed by atoms with van der Waals surface area (Å²) in [6.45, 7) is 4.68. The van der Waals surface area contributed by atoms with Crippen molar-refractivity contribution in [1.82, 2.24) is 9.88 Å². The van der Waals surface area contributed by atoms with Crippen LogP contribution in [0.5, 0.6) is 5.75 Å². The Labute approximate surface area is 171 Å². The molecule has 0 spiro atoms. The van der Waals surface area contributed by atoms with Gasteiger partial charge in [0, 0.05) is 41.6 Å². The number of nitrogens with zero attached hydrogens (tertiary/aromatic N) is 2. The first-order chi connectivity index (χ1) is 13.8. The number of fused-ring (bicyclic) bond motifs is 1. The number of aliphatic imine (C=N–C) groups is 1. The summed E-state index contributed by atoms with van der Waals surface area (Å²) < 4.78 is 5.59. The van der Waals surface area contributed by atoms with E-state index in [9.17, 15) is 0 Å². The van der Waals surface area contributed by atoms with E-state index in [1.807, 2.05) is 30.8 Å². The van der Waals surface area contributed by atoms with E-state index >= 15 is 0 Å². The number of hydrogen-bond donors (Lipinski definition) is 1. The van der Waals surface area contributed by atoms with Gasteiger partial charge in [-0.15, -0.1) is 11.8 Å². The van der Waals surface area contributed by atoms with Crippen LogP contribution in [0, 0.1) is 0 Å². The monoisotopic (exact) mass is 393 g/mol. The van der Waals surface area contributed by atoms with Crippen LogP contribution >= 0.6 is 11.8 Å². The van der Waals surface area contributed by atoms with Gasteiger partial charge < -0.3 is 14.6 Å². The molecule has 0 radical (unpaired) electrons. The van der Waals surface area contributed by atoms with Gasteiger partial charge in [-0.25, -0.2) is 0 Å². The van der Waals surface area contributed by atoms with Gasteiger partial charge in [0.15, 0.2) is 0 Å². The number of likely N-dealkylation sites (tertiary alicyclic amines) is 1. The number of amidine groups is 1. The van der Waals surface area contributed by atoms with Crippen molar-refractivity contribution in [1.29, 1.82) is 0 Å². The van der Waals surface area contributed by atoms with Crippen molar-refractivity contribution in [3.8, 4) is 17.0 Å². The van der Waals surface area contributed by atoms with Crippen LogP contribution in [0.25, 0.3) is 22.2 Å². The zero-order chi connectivity index (χ0) is 19.3. The van der Waals surface area contributed by atoms with Crippen molar-refractivity contribution < 1.29 is 4.74 Å². The van der Waals surface area contributed by atoms with Crippen molar-refractivity contribution in [2.75, 3.05) is 32.5 Å². The molecule has 1 fully saturated rings. The number of ether oxygens (including phenoxy) is 1. The molecule has 2 heterocycles. The molecule has 4 rings (SSSR count). The second-order valence-electron chi connectivity index (χ2n) is 7.00. The second-order valence-corrected chi connectivity index (χ2v) is 8.11. The van der Waals surface area contributed by atoms with E-state index in [0.717, 1.165) is 31.0 Å². The fourth-order valence-corrected chi connectivity index (χ4v) is 4.70. The summed E-state index contributed by atoms with van der Waals surface area (Å²) in [7, 11) is 2.14. The molecule has 0 amide bonds. The minimum atomic E-state index is 0.685. The zero-order valence-corrected chi connectivity index (χ0v) is 17.4. The first kappa shape index (κ1) is 18.9. The highest BCUT2D eigenvalue weighted by Gasteiger charge is 2.15. The average molecular weight is 394 g/mol. The molecule has 0 aliphatic carbocycles. The molecular weight excluding hydrogens is 366 g/mol. The fourth-order valence-electron chi connectivity index (χ4n) is 3.67. The van der Waals surface area contributed by atoms with E-state index in [4.69, 9.17) is 9.73 Å². The molecule has 0 bridgehead atoms. The molecule has 1 aromatic heterocycles. The van der Waals surface area contributed by atoms with E-state index in [2.05, 4.69) is 53.3 Å². The minimum absolute atomic E-state index is 0.685. The van der Waals surface area contributed by atoms with Crippen molar-refractivity contribution >= 4 is 28.5 Å². The topological polar surface area (TPSA) is 40.6 Å². The molecule has 1 aliphatic heterocycles. The maximum Gasteiger partial charge on any atom is 0.119 e. The Morgan fingerprint density at radius 2 is 1.96 bits per heavy atom. The molecule has 2 aromatic carbocycles. The summed E-state index contributed by atoms with van der Waals surface area (Å²) >= 11 is 1.89. The van der Waals surface area contributed by atoms with Gasteiger partial charge in [-0.2, -0.15) is 0 Å². The molecule has 0 unspecified atom stereocenters. The molecule has 4 nitrogen and oxygen atoms in total. The average Bonchev–Trinajstić information content (AvgIpc) is 3.29. The minimum Gasteiger partial charge on any atom is -0.494 e. The molecule has 1 saturated heterocycles. The normalized spacial score (nSPS) is 15.6. The highest BCUT2D eigenvalue weighted by molar-refractivity contribution is 7.99. The summed E-state index contributed by atoms with van der Waals surface area (Å²) in [6.07, 6.45) is 2.35. The number of rotatable bonds is 7. The number of nitrogens with one attached hydrogen (secondary N) is 1. The number of thioether (sulfide) groups is 1. The number of H-pyrrole nitrogens is 1. The predicted molar refractivity (Wildman–Crippen MR) is 120 cm³/mol. The highest BCUT2D eigenvalue weighted by Crippen LogP contribution is 2.38. The van der Waals surface area contributed by atoms with E-state index in [-0.39, 0.29) is 0 Å². The van der Waals surface area contributed by atoms with E-state index < -0.39 is 0 Å². The van der Waals surface area contributed by atoms with Crippen LogP contribution < -0.4 is 4.74 Å². The lowest BCUT2D eigenvalue weighted by molar-refractivity contribution is 0.340. The fraction of sp³-hybridized carbons (Fsp3) is 0.348. The first-order valence-electron chi connectivity index (χ1n) is 9.97. The van der Waals surface area contributed by atoms with Gasteiger partial charge in [0.05, 0.1) is 24.7 Å². The van der Waals surface area contributed by atoms with Crippen LogP contribution in [0.15, 0.2) is 58.4 Å². The molecule has 0 saturated carbocycles. The zero-order valence-electron chi connectivity index (χ0n) is 16.6. The highest BCUT2D eigenvalue weighted by atomic mass is 32.2. The Morgan fingerprint density at radius 1 is 1.14 bits per heavy atom. The number of para-hydroxylation sites is 1. The summed E-state index contributed by atoms with van der Waals surface area (Å²) in [5, 5.41) is 1.28. The molecule has 1 N–H and O–H groups in total. The standard InChI is InChI=1S/C23H27N3OS/c1-3-27-18-12-10-17(11-13-18)22-23(19-7-4-5-8-20(19)25-22)28-16-14-24-21-9-6-15-26(21)2/h4-5,7-8,10-13,25H,3,6,9,14-16H2,1-2H3/b24-21+. The lowest BCUT2D eigenvalue weighted by Gasteiger charge is -2.11. The van der Waals surface area contributed by atoms with Gasteiger partial charge in [-0.3, -0.25) is 4.99 Å². The molecule has 3 aromatic rings. The van der Waals surface area contributed by atoms with Gasteiger partial charge in [-0.1, -0.05) is 18.2 Å². The Hall–Kier alpha value is -2.40. The first-order valence-corrected chi connectivity index (χ1v) is 11.0. The third-order valence-electron chi connectivity index (χ3n) is 5.08. The van der Waals surface area contributed by atoms with Crippen LogP contribution in [0.1, 0.15) is 19.8 Å². The predicted octanol–water partition coefficient (Wildman–Crippen LogP) is 5.45. The summed E-state index contributed by atoms with van der Waals surface area (Å²) in [6, 6.07) is 16.9. The number of aromatic amines is 1. The van der Waals surface area contributed by atoms with Gasteiger partial charge in [-0.05, 0) is 49.2 Å². The molecular formula is C23H27N3OS. The van der Waals surface area contributed by atoms with Gasteiger partial charge in [0.25, 0.3) is 0 Å². The second kappa shape index (κ2) is 8.74. The molecule has 28 heavy (non-hydrogen) atoms. The molecule has 146 valence electrons. The Balaban J connectivity index is 1.56. The Bertz CT molecular complexity index is 962. The number of hydrogen-bond acceptors (Lipinski definition) is 3. The van der Waals surface area contributed by atoms with Crippen LogP contribution in [0.4, 0.5) is 0 Å². The summed E-state index contributed by atoms with van der Waals surface area (Å²) in [5.74, 6) is 3.14. The quantitative estimate of drug-likeness (QED) is 0.429. The number of aromatic nitrogens is 1. The Morgan fingerprint density at radius 3 is 2.71 bits per heavy atom. The maximum absolute atomic E-state index is 5.59. The van der Waals surface area contributed by atoms with Gasteiger partial charge >= 0.3 is 0 Å². The SMILES string of the molecule is CCOc1ccc(-c2[nH]c3ccccc3c2SCC/N=C2\CCCN2C)cc1. The number of benzene rings is 2. The third kappa shape index (κ3) is 4.04.